The smallest absolute Gasteiger partial charge is 0.397 e. The largest absolute Gasteiger partial charge is 0.416 e. The van der Waals surface area contributed by atoms with Crippen molar-refractivity contribution in [3.8, 4) is 11.1 Å². The maximum Gasteiger partial charge on any atom is 0.416 e. The normalized spacial score (nSPS) is 11.1. The summed E-state index contributed by atoms with van der Waals surface area (Å²) in [5.74, 6) is -1.60. The van der Waals surface area contributed by atoms with Gasteiger partial charge in [0.15, 0.2) is 5.11 Å². The third kappa shape index (κ3) is 5.10. The Morgan fingerprint density at radius 1 is 0.968 bits per heavy atom. The van der Waals surface area contributed by atoms with Gasteiger partial charge < -0.3 is 22.1 Å². The molecule has 10 heteroatoms. The van der Waals surface area contributed by atoms with Gasteiger partial charge in [-0.25, -0.2) is 4.39 Å². The van der Waals surface area contributed by atoms with Gasteiger partial charge in [0, 0.05) is 11.3 Å². The Balaban J connectivity index is 1.75. The molecule has 5 nitrogen and oxygen atoms in total. The van der Waals surface area contributed by atoms with Gasteiger partial charge in [0.05, 0.1) is 22.5 Å². The molecule has 0 radical (unpaired) electrons. The van der Waals surface area contributed by atoms with E-state index < -0.39 is 23.5 Å². The van der Waals surface area contributed by atoms with Crippen LogP contribution in [-0.4, -0.2) is 11.0 Å². The van der Waals surface area contributed by atoms with E-state index in [0.29, 0.717) is 11.3 Å². The van der Waals surface area contributed by atoms with Crippen LogP contribution < -0.4 is 22.1 Å². The molecule has 0 bridgehead atoms. The van der Waals surface area contributed by atoms with Crippen LogP contribution in [0.1, 0.15) is 15.9 Å². The molecular formula is C21H16F4N4OS. The number of thiocarbonyl (C=S) groups is 1. The molecule has 0 atom stereocenters. The van der Waals surface area contributed by atoms with E-state index in [1.165, 1.54) is 18.2 Å². The minimum atomic E-state index is -4.52. The van der Waals surface area contributed by atoms with Gasteiger partial charge >= 0.3 is 6.18 Å². The van der Waals surface area contributed by atoms with Crippen molar-refractivity contribution in [3.05, 3.63) is 77.6 Å². The number of rotatable bonds is 4. The molecule has 0 unspecified atom stereocenters. The Kier molecular flexibility index (Phi) is 6.11. The second-order valence-corrected chi connectivity index (χ2v) is 6.90. The third-order valence-corrected chi connectivity index (χ3v) is 4.55. The first-order chi connectivity index (χ1) is 14.6. The van der Waals surface area contributed by atoms with Crippen LogP contribution in [0, 0.1) is 5.82 Å². The first kappa shape index (κ1) is 22.0. The Hall–Kier alpha value is -3.66. The zero-order chi connectivity index (χ0) is 22.8. The predicted molar refractivity (Wildman–Crippen MR) is 116 cm³/mol. The van der Waals surface area contributed by atoms with E-state index in [1.54, 1.807) is 24.3 Å². The Bertz CT molecular complexity index is 1150. The van der Waals surface area contributed by atoms with E-state index in [-0.39, 0.29) is 27.6 Å². The molecule has 0 spiro atoms. The van der Waals surface area contributed by atoms with Gasteiger partial charge in [-0.2, -0.15) is 13.2 Å². The SMILES string of the molecule is NC(=O)c1cccc(-c2ccc(NC(=S)Nc3cc(C(F)(F)F)ccc3N)cc2)c1F. The van der Waals surface area contributed by atoms with Crippen molar-refractivity contribution in [2.24, 2.45) is 5.73 Å². The number of nitrogens with one attached hydrogen (secondary N) is 2. The molecule has 0 aromatic heterocycles. The number of alkyl halides is 3. The van der Waals surface area contributed by atoms with Crippen molar-refractivity contribution < 1.29 is 22.4 Å². The number of anilines is 3. The Morgan fingerprint density at radius 3 is 2.26 bits per heavy atom. The van der Waals surface area contributed by atoms with Crippen LogP contribution in [0.25, 0.3) is 11.1 Å². The van der Waals surface area contributed by atoms with Crippen LogP contribution in [0.3, 0.4) is 0 Å². The van der Waals surface area contributed by atoms with Crippen molar-refractivity contribution in [3.63, 3.8) is 0 Å². The number of hydrogen-bond donors (Lipinski definition) is 4. The molecule has 3 rings (SSSR count). The topological polar surface area (TPSA) is 93.2 Å². The summed E-state index contributed by atoms with van der Waals surface area (Å²) in [6.45, 7) is 0. The first-order valence-electron chi connectivity index (χ1n) is 8.79. The van der Waals surface area contributed by atoms with Crippen LogP contribution in [-0.2, 0) is 6.18 Å². The first-order valence-corrected chi connectivity index (χ1v) is 9.20. The molecule has 6 N–H and O–H groups in total. The summed E-state index contributed by atoms with van der Waals surface area (Å²) in [4.78, 5) is 11.3. The second-order valence-electron chi connectivity index (χ2n) is 6.49. The van der Waals surface area contributed by atoms with E-state index in [1.807, 2.05) is 0 Å². The van der Waals surface area contributed by atoms with Crippen molar-refractivity contribution in [1.82, 2.24) is 0 Å². The maximum absolute atomic E-state index is 14.5. The maximum atomic E-state index is 14.5. The highest BCUT2D eigenvalue weighted by Crippen LogP contribution is 2.33. The molecule has 31 heavy (non-hydrogen) atoms. The van der Waals surface area contributed by atoms with Gasteiger partial charge in [-0.15, -0.1) is 0 Å². The lowest BCUT2D eigenvalue weighted by molar-refractivity contribution is -0.137. The molecule has 0 fully saturated rings. The summed E-state index contributed by atoms with van der Waals surface area (Å²) in [7, 11) is 0. The van der Waals surface area contributed by atoms with Crippen molar-refractivity contribution >= 4 is 40.3 Å². The molecule has 1 amide bonds. The summed E-state index contributed by atoms with van der Waals surface area (Å²) in [5.41, 5.74) is 11.1. The van der Waals surface area contributed by atoms with E-state index >= 15 is 0 Å². The number of carbonyl (C=O) groups is 1. The average Bonchev–Trinajstić information content (AvgIpc) is 2.69. The summed E-state index contributed by atoms with van der Waals surface area (Å²) in [6, 6.07) is 13.6. The van der Waals surface area contributed by atoms with Crippen LogP contribution in [0.4, 0.5) is 34.6 Å². The highest BCUT2D eigenvalue weighted by Gasteiger charge is 2.31. The molecule has 0 saturated carbocycles. The number of hydrogen-bond acceptors (Lipinski definition) is 3. The minimum Gasteiger partial charge on any atom is -0.397 e. The van der Waals surface area contributed by atoms with Gasteiger partial charge in [-0.3, -0.25) is 4.79 Å². The number of nitrogens with two attached hydrogens (primary N) is 2. The quantitative estimate of drug-likeness (QED) is 0.256. The summed E-state index contributed by atoms with van der Waals surface area (Å²) in [6.07, 6.45) is -4.52. The number of benzene rings is 3. The fourth-order valence-electron chi connectivity index (χ4n) is 2.80. The minimum absolute atomic E-state index is 0.00860. The molecule has 160 valence electrons. The molecule has 0 aliphatic rings. The number of halogens is 4. The third-order valence-electron chi connectivity index (χ3n) is 4.35. The molecule has 0 aliphatic carbocycles. The highest BCUT2D eigenvalue weighted by atomic mass is 32.1. The van der Waals surface area contributed by atoms with Crippen molar-refractivity contribution in [2.75, 3.05) is 16.4 Å². The fraction of sp³-hybridized carbons (Fsp3) is 0.0476. The van der Waals surface area contributed by atoms with Crippen LogP contribution in [0.2, 0.25) is 0 Å². The average molecular weight is 448 g/mol. The number of carbonyl (C=O) groups excluding carboxylic acids is 1. The van der Waals surface area contributed by atoms with Crippen molar-refractivity contribution in [1.29, 1.82) is 0 Å². The molecule has 3 aromatic rings. The second kappa shape index (κ2) is 8.60. The number of amides is 1. The van der Waals surface area contributed by atoms with Gasteiger partial charge in [0.1, 0.15) is 5.82 Å². The number of nitrogen functional groups attached to an aromatic ring is 1. The Morgan fingerprint density at radius 2 is 1.65 bits per heavy atom. The molecular weight excluding hydrogens is 432 g/mol. The number of primary amides is 1. The predicted octanol–water partition coefficient (Wildman–Crippen LogP) is 5.00. The van der Waals surface area contributed by atoms with E-state index in [2.05, 4.69) is 10.6 Å². The van der Waals surface area contributed by atoms with E-state index in [9.17, 15) is 22.4 Å². The monoisotopic (exact) mass is 448 g/mol. The van der Waals surface area contributed by atoms with Gasteiger partial charge in [0.25, 0.3) is 5.91 Å². The van der Waals surface area contributed by atoms with Crippen LogP contribution in [0.15, 0.2) is 60.7 Å². The standard InChI is InChI=1S/C21H16F4N4OS/c22-18-14(2-1-3-15(18)19(27)30)11-4-7-13(8-5-11)28-20(31)29-17-10-12(21(23,24)25)6-9-16(17)26/h1-10H,26H2,(H2,27,30)(H2,28,29,31). The van der Waals surface area contributed by atoms with Crippen LogP contribution >= 0.6 is 12.2 Å². The zero-order valence-corrected chi connectivity index (χ0v) is 16.6. The molecule has 3 aromatic carbocycles. The summed E-state index contributed by atoms with van der Waals surface area (Å²) >= 11 is 5.14. The Labute approximate surface area is 180 Å². The zero-order valence-electron chi connectivity index (χ0n) is 15.8. The van der Waals surface area contributed by atoms with Crippen molar-refractivity contribution in [2.45, 2.75) is 6.18 Å². The van der Waals surface area contributed by atoms with Gasteiger partial charge in [-0.05, 0) is 54.2 Å². The van der Waals surface area contributed by atoms with Gasteiger partial charge in [0.2, 0.25) is 0 Å². The van der Waals surface area contributed by atoms with Gasteiger partial charge in [-0.1, -0.05) is 24.3 Å². The fourth-order valence-corrected chi connectivity index (χ4v) is 3.03. The lowest BCUT2D eigenvalue weighted by atomic mass is 10.0. The van der Waals surface area contributed by atoms with Crippen LogP contribution in [0.5, 0.6) is 0 Å². The molecule has 0 saturated heterocycles. The van der Waals surface area contributed by atoms with E-state index in [0.717, 1.165) is 18.2 Å². The van der Waals surface area contributed by atoms with E-state index in [4.69, 9.17) is 23.7 Å². The summed E-state index contributed by atoms with van der Waals surface area (Å²) in [5, 5.41) is 5.46. The molecule has 0 aliphatic heterocycles. The summed E-state index contributed by atoms with van der Waals surface area (Å²) < 4.78 is 53.1. The highest BCUT2D eigenvalue weighted by molar-refractivity contribution is 7.80. The lowest BCUT2D eigenvalue weighted by Gasteiger charge is -2.15. The molecule has 0 heterocycles. The lowest BCUT2D eigenvalue weighted by Crippen LogP contribution is -2.20.